The lowest BCUT2D eigenvalue weighted by Gasteiger charge is -2.09. The number of hydrogen-bond acceptors (Lipinski definition) is 5. The van der Waals surface area contributed by atoms with Crippen LogP contribution in [0, 0.1) is 11.3 Å². The minimum absolute atomic E-state index is 0.0155. The number of rotatable bonds is 7. The number of benzene rings is 1. The normalized spacial score (nSPS) is 12.6. The van der Waals surface area contributed by atoms with E-state index in [1.54, 1.807) is 6.92 Å². The van der Waals surface area contributed by atoms with Crippen molar-refractivity contribution in [1.29, 1.82) is 5.26 Å². The van der Waals surface area contributed by atoms with Gasteiger partial charge >= 0.3 is 5.97 Å². The molecule has 0 bridgehead atoms. The molecule has 20 heavy (non-hydrogen) atoms. The Morgan fingerprint density at radius 3 is 2.50 bits per heavy atom. The molecular formula is C13H15NO4S2. The first-order chi connectivity index (χ1) is 9.35. The van der Waals surface area contributed by atoms with Crippen LogP contribution >= 0.6 is 11.8 Å². The lowest BCUT2D eigenvalue weighted by Crippen LogP contribution is -2.12. The van der Waals surface area contributed by atoms with Gasteiger partial charge in [0.1, 0.15) is 0 Å². The maximum Gasteiger partial charge on any atom is 0.304 e. The molecule has 0 saturated carbocycles. The van der Waals surface area contributed by atoms with Crippen molar-refractivity contribution in [3.63, 3.8) is 0 Å². The predicted octanol–water partition coefficient (Wildman–Crippen LogP) is 1.93. The number of carboxylic acid groups (broad SMARTS) is 1. The van der Waals surface area contributed by atoms with E-state index in [-0.39, 0.29) is 22.3 Å². The molecule has 0 amide bonds. The summed E-state index contributed by atoms with van der Waals surface area (Å²) in [6.45, 7) is 1.76. The minimum atomic E-state index is -3.39. The molecule has 0 spiro atoms. The zero-order valence-corrected chi connectivity index (χ0v) is 12.6. The molecule has 5 nitrogen and oxygen atoms in total. The van der Waals surface area contributed by atoms with E-state index in [1.165, 1.54) is 36.0 Å². The fourth-order valence-electron chi connectivity index (χ4n) is 1.52. The fourth-order valence-corrected chi connectivity index (χ4v) is 4.23. The summed E-state index contributed by atoms with van der Waals surface area (Å²) in [7, 11) is -3.39. The van der Waals surface area contributed by atoms with Crippen LogP contribution in [-0.4, -0.2) is 36.2 Å². The third-order valence-corrected chi connectivity index (χ3v) is 5.72. The van der Waals surface area contributed by atoms with Crippen LogP contribution in [0.5, 0.6) is 0 Å². The van der Waals surface area contributed by atoms with Gasteiger partial charge in [-0.25, -0.2) is 8.42 Å². The molecule has 1 aromatic carbocycles. The first-order valence-electron chi connectivity index (χ1n) is 5.91. The minimum Gasteiger partial charge on any atom is -0.481 e. The Morgan fingerprint density at radius 1 is 1.40 bits per heavy atom. The van der Waals surface area contributed by atoms with Crippen LogP contribution in [0.15, 0.2) is 29.2 Å². The largest absolute Gasteiger partial charge is 0.481 e. The van der Waals surface area contributed by atoms with Crippen molar-refractivity contribution < 1.29 is 18.3 Å². The molecular weight excluding hydrogens is 298 g/mol. The number of aliphatic carboxylic acids is 1. The van der Waals surface area contributed by atoms with Gasteiger partial charge in [0, 0.05) is 11.0 Å². The molecule has 0 aliphatic carbocycles. The smallest absolute Gasteiger partial charge is 0.304 e. The second-order valence-corrected chi connectivity index (χ2v) is 7.89. The number of nitriles is 1. The fraction of sp³-hybridized carbons (Fsp3) is 0.385. The second kappa shape index (κ2) is 7.31. The Hall–Kier alpha value is -1.52. The topological polar surface area (TPSA) is 95.2 Å². The molecule has 0 heterocycles. The Balaban J connectivity index is 2.57. The summed E-state index contributed by atoms with van der Waals surface area (Å²) < 4.78 is 24.0. The Labute approximate surface area is 122 Å². The summed E-state index contributed by atoms with van der Waals surface area (Å²) in [5, 5.41) is 17.1. The number of carboxylic acids is 1. The van der Waals surface area contributed by atoms with Gasteiger partial charge < -0.3 is 5.11 Å². The van der Waals surface area contributed by atoms with Crippen molar-refractivity contribution in [2.75, 3.05) is 11.5 Å². The van der Waals surface area contributed by atoms with E-state index in [0.29, 0.717) is 11.3 Å². The summed E-state index contributed by atoms with van der Waals surface area (Å²) in [6, 6.07) is 7.69. The van der Waals surface area contributed by atoms with Crippen molar-refractivity contribution in [3.8, 4) is 6.07 Å². The average Bonchev–Trinajstić information content (AvgIpc) is 2.37. The van der Waals surface area contributed by atoms with Crippen molar-refractivity contribution in [2.24, 2.45) is 0 Å². The lowest BCUT2D eigenvalue weighted by molar-refractivity contribution is -0.136. The van der Waals surface area contributed by atoms with E-state index in [4.69, 9.17) is 10.4 Å². The van der Waals surface area contributed by atoms with E-state index in [0.717, 1.165) is 0 Å². The Bertz CT molecular complexity index is 602. The molecule has 108 valence electrons. The molecule has 0 fully saturated rings. The molecule has 1 atom stereocenters. The van der Waals surface area contributed by atoms with Crippen molar-refractivity contribution in [3.05, 3.63) is 29.8 Å². The molecule has 7 heteroatoms. The highest BCUT2D eigenvalue weighted by atomic mass is 32.2. The van der Waals surface area contributed by atoms with E-state index in [1.807, 2.05) is 6.07 Å². The molecule has 1 rings (SSSR count). The van der Waals surface area contributed by atoms with Crippen molar-refractivity contribution in [2.45, 2.75) is 23.5 Å². The van der Waals surface area contributed by atoms with Gasteiger partial charge in [0.05, 0.1) is 28.7 Å². The number of carbonyl (C=O) groups is 1. The molecule has 1 N–H and O–H groups in total. The molecule has 1 unspecified atom stereocenters. The van der Waals surface area contributed by atoms with Crippen LogP contribution in [0.25, 0.3) is 0 Å². The van der Waals surface area contributed by atoms with Gasteiger partial charge in [-0.2, -0.15) is 17.0 Å². The van der Waals surface area contributed by atoms with Gasteiger partial charge in [0.25, 0.3) is 0 Å². The van der Waals surface area contributed by atoms with Crippen LogP contribution in [0.3, 0.4) is 0 Å². The van der Waals surface area contributed by atoms with Gasteiger partial charge in [0.2, 0.25) is 0 Å². The molecule has 0 aliphatic rings. The number of sulfone groups is 1. The van der Waals surface area contributed by atoms with E-state index in [9.17, 15) is 13.2 Å². The summed E-state index contributed by atoms with van der Waals surface area (Å²) in [4.78, 5) is 10.7. The molecule has 0 aliphatic heterocycles. The van der Waals surface area contributed by atoms with Crippen LogP contribution < -0.4 is 0 Å². The summed E-state index contributed by atoms with van der Waals surface area (Å²) in [6.07, 6.45) is 0.0155. The lowest BCUT2D eigenvalue weighted by atomic mass is 10.2. The number of hydrogen-bond donors (Lipinski definition) is 1. The third kappa shape index (κ3) is 5.23. The summed E-state index contributed by atoms with van der Waals surface area (Å²) in [5.74, 6) is -0.593. The molecule has 1 aromatic rings. The van der Waals surface area contributed by atoms with Gasteiger partial charge in [-0.15, -0.1) is 0 Å². The van der Waals surface area contributed by atoms with Crippen molar-refractivity contribution in [1.82, 2.24) is 0 Å². The quantitative estimate of drug-likeness (QED) is 0.826. The Morgan fingerprint density at radius 2 is 2.00 bits per heavy atom. The van der Waals surface area contributed by atoms with Gasteiger partial charge in [0.15, 0.2) is 9.84 Å². The number of thioether (sulfide) groups is 1. The first-order valence-corrected chi connectivity index (χ1v) is 8.61. The maximum atomic E-state index is 12.0. The van der Waals surface area contributed by atoms with Gasteiger partial charge in [-0.1, -0.05) is 6.92 Å². The first kappa shape index (κ1) is 16.5. The van der Waals surface area contributed by atoms with Gasteiger partial charge in [-0.05, 0) is 24.3 Å². The molecule has 0 saturated heterocycles. The zero-order chi connectivity index (χ0) is 15.2. The molecule has 0 radical (unpaired) electrons. The standard InChI is InChI=1S/C13H15NO4S2/c1-10(8-13(15)16)19-6-7-20(17,18)12-4-2-11(9-14)3-5-12/h2-5,10H,6-8H2,1H3,(H,15,16). The summed E-state index contributed by atoms with van der Waals surface area (Å²) >= 11 is 1.32. The van der Waals surface area contributed by atoms with Gasteiger partial charge in [-0.3, -0.25) is 4.79 Å². The third-order valence-electron chi connectivity index (χ3n) is 2.56. The maximum absolute atomic E-state index is 12.0. The Kier molecular flexibility index (Phi) is 6.05. The molecule has 0 aromatic heterocycles. The monoisotopic (exact) mass is 313 g/mol. The van der Waals surface area contributed by atoms with E-state index in [2.05, 4.69) is 0 Å². The highest BCUT2D eigenvalue weighted by molar-refractivity contribution is 8.01. The summed E-state index contributed by atoms with van der Waals surface area (Å²) in [5.41, 5.74) is 0.411. The van der Waals surface area contributed by atoms with E-state index >= 15 is 0 Å². The van der Waals surface area contributed by atoms with Crippen LogP contribution in [-0.2, 0) is 14.6 Å². The second-order valence-electron chi connectivity index (χ2n) is 4.23. The predicted molar refractivity (Wildman–Crippen MR) is 77.4 cm³/mol. The number of nitrogens with zero attached hydrogens (tertiary/aromatic N) is 1. The van der Waals surface area contributed by atoms with Crippen LogP contribution in [0.4, 0.5) is 0 Å². The van der Waals surface area contributed by atoms with Crippen molar-refractivity contribution >= 4 is 27.6 Å². The SMILES string of the molecule is CC(CC(=O)O)SCCS(=O)(=O)c1ccc(C#N)cc1. The van der Waals surface area contributed by atoms with Crippen LogP contribution in [0.2, 0.25) is 0 Å². The highest BCUT2D eigenvalue weighted by Gasteiger charge is 2.15. The van der Waals surface area contributed by atoms with Crippen LogP contribution in [0.1, 0.15) is 18.9 Å². The van der Waals surface area contributed by atoms with E-state index < -0.39 is 15.8 Å². The zero-order valence-electron chi connectivity index (χ0n) is 10.9. The highest BCUT2D eigenvalue weighted by Crippen LogP contribution is 2.18. The average molecular weight is 313 g/mol.